The summed E-state index contributed by atoms with van der Waals surface area (Å²) < 4.78 is 15.5. The number of nitrogens with zero attached hydrogens (tertiary/aromatic N) is 1. The third-order valence-corrected chi connectivity index (χ3v) is 2.44. The van der Waals surface area contributed by atoms with Crippen LogP contribution in [0.1, 0.15) is 32.6 Å². The van der Waals surface area contributed by atoms with E-state index < -0.39 is 17.8 Å². The highest BCUT2D eigenvalue weighted by Gasteiger charge is 2.19. The van der Waals surface area contributed by atoms with Crippen LogP contribution in [0.4, 0.5) is 0 Å². The molecule has 0 bridgehead atoms. The molecule has 0 aliphatic heterocycles. The molecule has 6 nitrogen and oxygen atoms in total. The van der Waals surface area contributed by atoms with Crippen LogP contribution in [0.5, 0.6) is 5.75 Å². The average molecular weight is 293 g/mol. The largest absolute Gasteiger partial charge is 0.497 e. The Morgan fingerprint density at radius 2 is 1.90 bits per heavy atom. The van der Waals surface area contributed by atoms with E-state index in [1.165, 1.54) is 6.08 Å². The van der Waals surface area contributed by atoms with Crippen molar-refractivity contribution in [3.05, 3.63) is 29.8 Å². The molecule has 0 amide bonds. The molecule has 1 aromatic carbocycles. The maximum atomic E-state index is 11.7. The zero-order valence-electron chi connectivity index (χ0n) is 12.6. The number of aliphatic imine (C=N–C) groups is 1. The molecule has 1 atom stereocenters. The standard InChI is InChI=1S/C15H19NO5/c1-15(2,3)20-9-13(18)21-14(16-10-17)11-5-7-12(19-4)8-6-11/h5-8,14H,9H2,1-4H3. The van der Waals surface area contributed by atoms with E-state index in [0.29, 0.717) is 11.3 Å². The molecule has 114 valence electrons. The van der Waals surface area contributed by atoms with Crippen LogP contribution in [0.15, 0.2) is 29.3 Å². The minimum absolute atomic E-state index is 0.218. The van der Waals surface area contributed by atoms with Gasteiger partial charge in [0.15, 0.2) is 0 Å². The van der Waals surface area contributed by atoms with Crippen molar-refractivity contribution in [2.24, 2.45) is 4.99 Å². The van der Waals surface area contributed by atoms with Crippen LogP contribution in [0.3, 0.4) is 0 Å². The summed E-state index contributed by atoms with van der Waals surface area (Å²) in [5.74, 6) is 0.0414. The van der Waals surface area contributed by atoms with Gasteiger partial charge >= 0.3 is 5.97 Å². The fourth-order valence-electron chi connectivity index (χ4n) is 1.42. The first-order chi connectivity index (χ1) is 9.85. The number of methoxy groups -OCH3 is 1. The molecule has 21 heavy (non-hydrogen) atoms. The third-order valence-electron chi connectivity index (χ3n) is 2.44. The van der Waals surface area contributed by atoms with E-state index in [-0.39, 0.29) is 6.61 Å². The highest BCUT2D eigenvalue weighted by Crippen LogP contribution is 2.22. The summed E-state index contributed by atoms with van der Waals surface area (Å²) in [6, 6.07) is 6.68. The topological polar surface area (TPSA) is 74.2 Å². The van der Waals surface area contributed by atoms with Gasteiger partial charge in [0, 0.05) is 5.56 Å². The Morgan fingerprint density at radius 3 is 2.38 bits per heavy atom. The smallest absolute Gasteiger partial charge is 0.334 e. The summed E-state index contributed by atoms with van der Waals surface area (Å²) in [6.07, 6.45) is 0.361. The molecule has 1 aromatic rings. The third kappa shape index (κ3) is 6.21. The second-order valence-corrected chi connectivity index (χ2v) is 5.24. The molecule has 0 saturated heterocycles. The van der Waals surface area contributed by atoms with Crippen molar-refractivity contribution in [1.29, 1.82) is 0 Å². The normalized spacial score (nSPS) is 12.2. The number of carbonyl (C=O) groups excluding carboxylic acids is 2. The summed E-state index contributed by atoms with van der Waals surface area (Å²) in [5.41, 5.74) is 0.0889. The number of ether oxygens (including phenoxy) is 3. The molecule has 0 radical (unpaired) electrons. The molecule has 1 unspecified atom stereocenters. The van der Waals surface area contributed by atoms with Crippen LogP contribution in [0.2, 0.25) is 0 Å². The van der Waals surface area contributed by atoms with Crippen LogP contribution in [0, 0.1) is 0 Å². The summed E-state index contributed by atoms with van der Waals surface area (Å²) in [6.45, 7) is 5.25. The van der Waals surface area contributed by atoms with Gasteiger partial charge in [-0.2, -0.15) is 4.99 Å². The molecular weight excluding hydrogens is 274 g/mol. The molecule has 1 rings (SSSR count). The van der Waals surface area contributed by atoms with Crippen molar-refractivity contribution in [1.82, 2.24) is 0 Å². The van der Waals surface area contributed by atoms with Crippen LogP contribution in [-0.4, -0.2) is 31.4 Å². The molecule has 0 spiro atoms. The van der Waals surface area contributed by atoms with Gasteiger partial charge in [-0.3, -0.25) is 0 Å². The number of hydrogen-bond donors (Lipinski definition) is 0. The summed E-state index contributed by atoms with van der Waals surface area (Å²) in [5, 5.41) is 0. The Labute approximate surface area is 123 Å². The molecule has 0 heterocycles. The highest BCUT2D eigenvalue weighted by molar-refractivity contribution is 5.71. The van der Waals surface area contributed by atoms with E-state index in [4.69, 9.17) is 14.2 Å². The van der Waals surface area contributed by atoms with E-state index >= 15 is 0 Å². The molecule has 0 saturated carbocycles. The van der Waals surface area contributed by atoms with Gasteiger partial charge in [-0.25, -0.2) is 9.59 Å². The number of hydrogen-bond acceptors (Lipinski definition) is 6. The Hall–Kier alpha value is -2.17. The predicted molar refractivity (Wildman–Crippen MR) is 75.7 cm³/mol. The second-order valence-electron chi connectivity index (χ2n) is 5.24. The SMILES string of the molecule is COc1ccc(C(N=C=O)OC(=O)COC(C)(C)C)cc1. The van der Waals surface area contributed by atoms with Gasteiger partial charge in [0.1, 0.15) is 12.4 Å². The molecule has 0 aromatic heterocycles. The van der Waals surface area contributed by atoms with E-state index in [2.05, 4.69) is 4.99 Å². The Morgan fingerprint density at radius 1 is 1.29 bits per heavy atom. The van der Waals surface area contributed by atoms with Crippen LogP contribution >= 0.6 is 0 Å². The molecule has 0 aliphatic rings. The minimum atomic E-state index is -1.04. The summed E-state index contributed by atoms with van der Waals surface area (Å²) in [4.78, 5) is 25.7. The van der Waals surface area contributed by atoms with Crippen molar-refractivity contribution in [2.75, 3.05) is 13.7 Å². The number of rotatable bonds is 6. The fourth-order valence-corrected chi connectivity index (χ4v) is 1.42. The van der Waals surface area contributed by atoms with Crippen molar-refractivity contribution < 1.29 is 23.8 Å². The minimum Gasteiger partial charge on any atom is -0.497 e. The Kier molecular flexibility index (Phi) is 6.09. The molecular formula is C15H19NO5. The Balaban J connectivity index is 2.73. The van der Waals surface area contributed by atoms with E-state index in [9.17, 15) is 9.59 Å². The fraction of sp³-hybridized carbons (Fsp3) is 0.467. The number of carbonyl (C=O) groups is 1. The van der Waals surface area contributed by atoms with Gasteiger partial charge in [-0.15, -0.1) is 0 Å². The molecule has 0 fully saturated rings. The van der Waals surface area contributed by atoms with Gasteiger partial charge in [0.05, 0.1) is 12.7 Å². The van der Waals surface area contributed by atoms with Crippen molar-refractivity contribution >= 4 is 12.0 Å². The summed E-state index contributed by atoms with van der Waals surface area (Å²) >= 11 is 0. The number of benzene rings is 1. The lowest BCUT2D eigenvalue weighted by molar-refractivity contribution is -0.159. The van der Waals surface area contributed by atoms with Gasteiger partial charge in [0.2, 0.25) is 12.3 Å². The maximum absolute atomic E-state index is 11.7. The first-order valence-corrected chi connectivity index (χ1v) is 6.40. The van der Waals surface area contributed by atoms with Crippen LogP contribution < -0.4 is 4.74 Å². The van der Waals surface area contributed by atoms with Gasteiger partial charge in [0.25, 0.3) is 0 Å². The molecule has 0 N–H and O–H groups in total. The average Bonchev–Trinajstić information content (AvgIpc) is 2.44. The van der Waals surface area contributed by atoms with E-state index in [0.717, 1.165) is 0 Å². The molecule has 0 aliphatic carbocycles. The second kappa shape index (κ2) is 7.57. The molecule has 6 heteroatoms. The Bertz CT molecular complexity index is 512. The van der Waals surface area contributed by atoms with Crippen LogP contribution in [0.25, 0.3) is 0 Å². The van der Waals surface area contributed by atoms with Crippen molar-refractivity contribution in [3.8, 4) is 5.75 Å². The van der Waals surface area contributed by atoms with E-state index in [1.54, 1.807) is 31.4 Å². The van der Waals surface area contributed by atoms with E-state index in [1.807, 2.05) is 20.8 Å². The zero-order chi connectivity index (χ0) is 15.9. The number of isocyanates is 1. The first-order valence-electron chi connectivity index (χ1n) is 6.40. The van der Waals surface area contributed by atoms with Crippen molar-refractivity contribution in [3.63, 3.8) is 0 Å². The zero-order valence-corrected chi connectivity index (χ0v) is 12.6. The lowest BCUT2D eigenvalue weighted by Gasteiger charge is -2.19. The van der Waals surface area contributed by atoms with Crippen LogP contribution in [-0.2, 0) is 19.1 Å². The first kappa shape index (κ1) is 16.9. The van der Waals surface area contributed by atoms with Gasteiger partial charge in [-0.05, 0) is 45.0 Å². The lowest BCUT2D eigenvalue weighted by Crippen LogP contribution is -2.25. The summed E-state index contributed by atoms with van der Waals surface area (Å²) in [7, 11) is 1.54. The quantitative estimate of drug-likeness (QED) is 0.457. The van der Waals surface area contributed by atoms with Gasteiger partial charge < -0.3 is 14.2 Å². The predicted octanol–water partition coefficient (Wildman–Crippen LogP) is 2.39. The monoisotopic (exact) mass is 293 g/mol. The van der Waals surface area contributed by atoms with Gasteiger partial charge in [-0.1, -0.05) is 0 Å². The van der Waals surface area contributed by atoms with Crippen molar-refractivity contribution in [2.45, 2.75) is 32.6 Å². The number of esters is 1. The maximum Gasteiger partial charge on any atom is 0.334 e. The lowest BCUT2D eigenvalue weighted by atomic mass is 10.2. The highest BCUT2D eigenvalue weighted by atomic mass is 16.6.